The van der Waals surface area contributed by atoms with Gasteiger partial charge in [0.2, 0.25) is 0 Å². The number of carbonyl (C=O) groups excluding carboxylic acids is 1. The first-order valence-electron chi connectivity index (χ1n) is 4.10. The van der Waals surface area contributed by atoms with Crippen LogP contribution >= 0.6 is 0 Å². The fourth-order valence-corrected chi connectivity index (χ4v) is 2.87. The molecule has 0 aliphatic heterocycles. The van der Waals surface area contributed by atoms with Gasteiger partial charge in [-0.3, -0.25) is 0 Å². The number of hydrogen-bond donors (Lipinski definition) is 0. The molecule has 0 aliphatic rings. The molecule has 0 saturated heterocycles. The average molecular weight is 208 g/mol. The fourth-order valence-electron chi connectivity index (χ4n) is 0.696. The Balaban J connectivity index is 3.77. The van der Waals surface area contributed by atoms with E-state index in [1.165, 1.54) is 0 Å². The summed E-state index contributed by atoms with van der Waals surface area (Å²) < 4.78 is 11.3. The molecule has 0 bridgehead atoms. The van der Waals surface area contributed by atoms with E-state index in [-0.39, 0.29) is 12.2 Å². The van der Waals surface area contributed by atoms with Gasteiger partial charge in [0.05, 0.1) is 0 Å². The van der Waals surface area contributed by atoms with Gasteiger partial charge in [-0.2, -0.15) is 0 Å². The normalized spacial score (nSPS) is 10.8. The Labute approximate surface area is 81.2 Å². The van der Waals surface area contributed by atoms with Crippen LogP contribution in [0.5, 0.6) is 0 Å². The van der Waals surface area contributed by atoms with Crippen molar-refractivity contribution in [1.82, 2.24) is 0 Å². The van der Waals surface area contributed by atoms with Crippen LogP contribution in [0, 0.1) is 0 Å². The van der Waals surface area contributed by atoms with Gasteiger partial charge in [0, 0.05) is 0 Å². The van der Waals surface area contributed by atoms with Crippen molar-refractivity contribution < 1.29 is 30.1 Å². The summed E-state index contributed by atoms with van der Waals surface area (Å²) in [5, 5.41) is 0. The zero-order valence-corrected chi connectivity index (χ0v) is 9.65. The SMILES string of the molecule is CC(C)[O][Ti]([CH2][C]=O)[O]C(C)C. The fraction of sp³-hybridized carbons (Fsp3) is 0.875. The van der Waals surface area contributed by atoms with Crippen molar-refractivity contribution in [2.75, 3.05) is 0 Å². The van der Waals surface area contributed by atoms with Gasteiger partial charge in [0.15, 0.2) is 0 Å². The van der Waals surface area contributed by atoms with Crippen molar-refractivity contribution >= 4 is 6.29 Å². The van der Waals surface area contributed by atoms with Crippen molar-refractivity contribution in [3.8, 4) is 0 Å². The second kappa shape index (κ2) is 6.78. The molecule has 0 rings (SSSR count). The van der Waals surface area contributed by atoms with Crippen LogP contribution in [0.15, 0.2) is 0 Å². The van der Waals surface area contributed by atoms with E-state index < -0.39 is 18.6 Å². The van der Waals surface area contributed by atoms with Gasteiger partial charge in [0.25, 0.3) is 0 Å². The second-order valence-electron chi connectivity index (χ2n) is 3.03. The Morgan fingerprint density at radius 1 is 1.17 bits per heavy atom. The molecule has 0 fully saturated rings. The molecule has 0 saturated carbocycles. The predicted molar refractivity (Wildman–Crippen MR) is 42.9 cm³/mol. The van der Waals surface area contributed by atoms with Crippen LogP contribution in [-0.4, -0.2) is 18.5 Å². The third-order valence-corrected chi connectivity index (χ3v) is 3.92. The Hall–Kier alpha value is 0.304. The molecular formula is C8H16O3Ti. The van der Waals surface area contributed by atoms with E-state index in [1.54, 1.807) is 0 Å². The van der Waals surface area contributed by atoms with E-state index in [9.17, 15) is 4.79 Å². The van der Waals surface area contributed by atoms with Crippen molar-refractivity contribution in [2.24, 2.45) is 0 Å². The first kappa shape index (κ1) is 12.3. The molecule has 0 atom stereocenters. The quantitative estimate of drug-likeness (QED) is 0.624. The van der Waals surface area contributed by atoms with E-state index in [0.717, 1.165) is 0 Å². The zero-order valence-electron chi connectivity index (χ0n) is 8.09. The molecule has 0 amide bonds. The standard InChI is InChI=1S/2C3H7O.C2H2O.Ti/c2*1-3(2)4;1-2-3;/h2*3H,1-2H3;1H2;/q2*-1;;+2. The molecule has 4 heteroatoms. The van der Waals surface area contributed by atoms with Crippen molar-refractivity contribution in [1.29, 1.82) is 0 Å². The zero-order chi connectivity index (χ0) is 9.56. The van der Waals surface area contributed by atoms with Crippen LogP contribution in [0.2, 0.25) is 4.73 Å². The van der Waals surface area contributed by atoms with Crippen molar-refractivity contribution in [3.05, 3.63) is 0 Å². The monoisotopic (exact) mass is 208 g/mol. The molecule has 3 nitrogen and oxygen atoms in total. The Kier molecular flexibility index (Phi) is 6.95. The van der Waals surface area contributed by atoms with Crippen LogP contribution in [0.1, 0.15) is 27.7 Å². The summed E-state index contributed by atoms with van der Waals surface area (Å²) in [5.74, 6) is 0. The second-order valence-corrected chi connectivity index (χ2v) is 5.48. The topological polar surface area (TPSA) is 35.5 Å². The average Bonchev–Trinajstić information content (AvgIpc) is 1.84. The molecule has 0 heterocycles. The Bertz CT molecular complexity index is 115. The summed E-state index contributed by atoms with van der Waals surface area (Å²) in [6, 6.07) is 0. The van der Waals surface area contributed by atoms with Gasteiger partial charge in [-0.1, -0.05) is 0 Å². The predicted octanol–water partition coefficient (Wildman–Crippen LogP) is 1.81. The van der Waals surface area contributed by atoms with Crippen LogP contribution < -0.4 is 0 Å². The molecular weight excluding hydrogens is 192 g/mol. The summed E-state index contributed by atoms with van der Waals surface area (Å²) in [6.07, 6.45) is 2.14. The van der Waals surface area contributed by atoms with Crippen LogP contribution in [0.25, 0.3) is 0 Å². The van der Waals surface area contributed by atoms with Crippen molar-refractivity contribution in [3.63, 3.8) is 0 Å². The number of hydrogen-bond acceptors (Lipinski definition) is 3. The van der Waals surface area contributed by atoms with E-state index in [1.807, 2.05) is 34.0 Å². The molecule has 0 spiro atoms. The van der Waals surface area contributed by atoms with Crippen molar-refractivity contribution in [2.45, 2.75) is 44.6 Å². The summed E-state index contributed by atoms with van der Waals surface area (Å²) in [6.45, 7) is 7.78. The summed E-state index contributed by atoms with van der Waals surface area (Å²) >= 11 is -2.04. The van der Waals surface area contributed by atoms with Gasteiger partial charge in [-0.05, 0) is 0 Å². The first-order valence-corrected chi connectivity index (χ1v) is 6.48. The van der Waals surface area contributed by atoms with E-state index in [4.69, 9.17) is 6.64 Å². The van der Waals surface area contributed by atoms with Gasteiger partial charge >= 0.3 is 81.0 Å². The van der Waals surface area contributed by atoms with E-state index >= 15 is 0 Å². The van der Waals surface area contributed by atoms with Crippen LogP contribution in [0.4, 0.5) is 0 Å². The molecule has 0 unspecified atom stereocenters. The molecule has 0 aliphatic carbocycles. The van der Waals surface area contributed by atoms with Crippen LogP contribution in [-0.2, 0) is 30.1 Å². The summed E-state index contributed by atoms with van der Waals surface area (Å²) in [7, 11) is 0. The maximum absolute atomic E-state index is 10.1. The van der Waals surface area contributed by atoms with Gasteiger partial charge in [0.1, 0.15) is 0 Å². The Morgan fingerprint density at radius 2 is 1.58 bits per heavy atom. The Morgan fingerprint density at radius 3 is 1.83 bits per heavy atom. The van der Waals surface area contributed by atoms with Gasteiger partial charge in [-0.25, -0.2) is 0 Å². The van der Waals surface area contributed by atoms with Crippen LogP contribution in [0.3, 0.4) is 0 Å². The van der Waals surface area contributed by atoms with Gasteiger partial charge < -0.3 is 0 Å². The minimum absolute atomic E-state index is 0.145. The first-order chi connectivity index (χ1) is 5.56. The number of rotatable bonds is 6. The molecule has 0 aromatic carbocycles. The van der Waals surface area contributed by atoms with E-state index in [2.05, 4.69) is 0 Å². The molecule has 1 radical (unpaired) electrons. The molecule has 12 heavy (non-hydrogen) atoms. The molecule has 70 valence electrons. The van der Waals surface area contributed by atoms with E-state index in [0.29, 0.717) is 4.73 Å². The summed E-state index contributed by atoms with van der Waals surface area (Å²) in [5.41, 5.74) is 0. The molecule has 0 N–H and O–H groups in total. The van der Waals surface area contributed by atoms with Gasteiger partial charge in [-0.15, -0.1) is 0 Å². The third-order valence-electron chi connectivity index (χ3n) is 0.951. The molecule has 0 aromatic heterocycles. The summed E-state index contributed by atoms with van der Waals surface area (Å²) in [4.78, 5) is 10.1. The maximum atomic E-state index is 10.1. The molecule has 0 aromatic rings. The third kappa shape index (κ3) is 6.98. The minimum atomic E-state index is -2.04.